The van der Waals surface area contributed by atoms with Gasteiger partial charge in [0, 0.05) is 52.3 Å². The molecule has 0 fully saturated rings. The molecule has 0 unspecified atom stereocenters. The number of phenolic OH excluding ortho intramolecular Hbond substituents is 2. The first-order valence-electron chi connectivity index (χ1n) is 16.9. The van der Waals surface area contributed by atoms with Gasteiger partial charge < -0.3 is 29.3 Å². The largest absolute Gasteiger partial charge is 0.508 e. The van der Waals surface area contributed by atoms with Crippen LogP contribution in [0.15, 0.2) is 103 Å². The van der Waals surface area contributed by atoms with E-state index in [2.05, 4.69) is 9.44 Å². The minimum atomic E-state index is -3.46. The van der Waals surface area contributed by atoms with Crippen molar-refractivity contribution in [3.63, 3.8) is 0 Å². The Balaban J connectivity index is 1.17. The van der Waals surface area contributed by atoms with Gasteiger partial charge in [0.25, 0.3) is 5.91 Å². The van der Waals surface area contributed by atoms with E-state index in [0.29, 0.717) is 40.2 Å². The monoisotopic (exact) mass is 785 g/mol. The zero-order chi connectivity index (χ0) is 39.1. The minimum absolute atomic E-state index is 0.0745. The fraction of sp³-hybridized carbons (Fsp3) is 0.179. The summed E-state index contributed by atoms with van der Waals surface area (Å²) in [5.41, 5.74) is 1.82. The van der Waals surface area contributed by atoms with Gasteiger partial charge in [-0.15, -0.1) is 0 Å². The number of aromatic hydroxyl groups is 2. The summed E-state index contributed by atoms with van der Waals surface area (Å²) in [5.74, 6) is -0.325. The number of ether oxygens (including phenoxy) is 3. The van der Waals surface area contributed by atoms with E-state index in [1.165, 1.54) is 30.3 Å². The number of amides is 1. The van der Waals surface area contributed by atoms with E-state index in [1.54, 1.807) is 77.7 Å². The van der Waals surface area contributed by atoms with Crippen LogP contribution in [0.5, 0.6) is 28.7 Å². The van der Waals surface area contributed by atoms with Crippen molar-refractivity contribution in [1.29, 1.82) is 0 Å². The van der Waals surface area contributed by atoms with Gasteiger partial charge in [-0.05, 0) is 84.8 Å². The summed E-state index contributed by atoms with van der Waals surface area (Å²) in [5, 5.41) is 20.5. The maximum Gasteiger partial charge on any atom is 0.340 e. The molecule has 1 spiro atoms. The number of esters is 1. The molecule has 7 rings (SSSR count). The van der Waals surface area contributed by atoms with Gasteiger partial charge in [-0.25, -0.2) is 21.6 Å². The smallest absolute Gasteiger partial charge is 0.340 e. The topological polar surface area (TPSA) is 198 Å². The van der Waals surface area contributed by atoms with Crippen LogP contribution >= 0.6 is 0 Å². The summed E-state index contributed by atoms with van der Waals surface area (Å²) in [6.07, 6.45) is 2.51. The fourth-order valence-corrected chi connectivity index (χ4v) is 7.79. The van der Waals surface area contributed by atoms with Crippen molar-refractivity contribution in [3.8, 4) is 28.7 Å². The molecule has 5 aromatic carbocycles. The second kappa shape index (κ2) is 14.2. The van der Waals surface area contributed by atoms with Crippen LogP contribution in [0.3, 0.4) is 0 Å². The van der Waals surface area contributed by atoms with Crippen LogP contribution in [0, 0.1) is 0 Å². The zero-order valence-corrected chi connectivity index (χ0v) is 31.1. The Labute approximate surface area is 317 Å². The molecule has 0 aliphatic carbocycles. The van der Waals surface area contributed by atoms with Crippen LogP contribution in [-0.2, 0) is 36.8 Å². The molecule has 0 atom stereocenters. The van der Waals surface area contributed by atoms with Gasteiger partial charge in [0.1, 0.15) is 35.4 Å². The van der Waals surface area contributed by atoms with Crippen LogP contribution in [0.4, 0.5) is 11.4 Å². The third-order valence-corrected chi connectivity index (χ3v) is 10.2. The number of carbonyl (C=O) groups excluding carboxylic acids is 2. The molecule has 2 aliphatic heterocycles. The number of benzene rings is 5. The van der Waals surface area contributed by atoms with E-state index in [4.69, 9.17) is 14.2 Å². The Hall–Kier alpha value is -6.26. The summed E-state index contributed by atoms with van der Waals surface area (Å²) in [6.45, 7) is 0.437. The number of nitrogens with one attached hydrogen (secondary N) is 2. The van der Waals surface area contributed by atoms with Crippen molar-refractivity contribution < 1.29 is 50.8 Å². The highest BCUT2D eigenvalue weighted by Crippen LogP contribution is 2.57. The first kappa shape index (κ1) is 37.1. The van der Waals surface area contributed by atoms with Gasteiger partial charge in [0.15, 0.2) is 5.60 Å². The van der Waals surface area contributed by atoms with Gasteiger partial charge in [0.05, 0.1) is 24.6 Å². The van der Waals surface area contributed by atoms with Gasteiger partial charge in [0.2, 0.25) is 20.0 Å². The highest BCUT2D eigenvalue weighted by atomic mass is 32.2. The standard InChI is InChI=1S/C39H35N3O11S2/c1-54(47,48)40-26-6-3-24(4-7-26)17-18-42(19-20-51-30-12-8-27(9-13-30)41-55(2,49)50)37(45)25-5-14-32-31(21-25)38(46)53-39(32)33-15-10-28(43)22-35(33)52-36-23-29(44)11-16-34(36)39/h3-16,21-23,40-41,43-44H,17-20H2,1-2H3. The third-order valence-electron chi connectivity index (χ3n) is 9.02. The number of hydrogen-bond donors (Lipinski definition) is 4. The first-order chi connectivity index (χ1) is 26.1. The van der Waals surface area contributed by atoms with Gasteiger partial charge >= 0.3 is 5.97 Å². The fourth-order valence-electron chi connectivity index (χ4n) is 6.66. The number of nitrogens with zero attached hydrogens (tertiary/aromatic N) is 1. The van der Waals surface area contributed by atoms with Gasteiger partial charge in [-0.1, -0.05) is 18.2 Å². The second-order valence-electron chi connectivity index (χ2n) is 13.2. The number of carbonyl (C=O) groups is 2. The number of anilines is 2. The molecule has 55 heavy (non-hydrogen) atoms. The SMILES string of the molecule is CS(=O)(=O)Nc1ccc(CCN(CCOc2ccc(NS(C)(=O)=O)cc2)C(=O)c2ccc3c(c2)C(=O)OC32c3ccc(O)cc3Oc3cc(O)ccc32)cc1. The molecule has 16 heteroatoms. The molecule has 0 aromatic heterocycles. The predicted octanol–water partition coefficient (Wildman–Crippen LogP) is 5.17. The van der Waals surface area contributed by atoms with Crippen LogP contribution in [0.25, 0.3) is 0 Å². The zero-order valence-electron chi connectivity index (χ0n) is 29.5. The van der Waals surface area contributed by atoms with E-state index < -0.39 is 37.5 Å². The predicted molar refractivity (Wildman–Crippen MR) is 203 cm³/mol. The molecule has 1 amide bonds. The molecule has 2 heterocycles. The lowest BCUT2D eigenvalue weighted by Crippen LogP contribution is -2.36. The molecule has 0 saturated carbocycles. The summed E-state index contributed by atoms with van der Waals surface area (Å²) >= 11 is 0. The Kier molecular flexibility index (Phi) is 9.56. The van der Waals surface area contributed by atoms with Gasteiger partial charge in [-0.2, -0.15) is 0 Å². The molecule has 2 aliphatic rings. The molecular formula is C39H35N3O11S2. The van der Waals surface area contributed by atoms with Crippen molar-refractivity contribution in [1.82, 2.24) is 4.90 Å². The number of hydrogen-bond acceptors (Lipinski definition) is 11. The van der Waals surface area contributed by atoms with E-state index in [1.807, 2.05) is 0 Å². The number of fused-ring (bicyclic) bond motifs is 6. The molecule has 0 radical (unpaired) electrons. The quantitative estimate of drug-likeness (QED) is 0.122. The van der Waals surface area contributed by atoms with Crippen molar-refractivity contribution in [2.24, 2.45) is 0 Å². The second-order valence-corrected chi connectivity index (χ2v) is 16.7. The van der Waals surface area contributed by atoms with E-state index in [-0.39, 0.29) is 53.8 Å². The van der Waals surface area contributed by atoms with Crippen LogP contribution in [0.2, 0.25) is 0 Å². The normalized spacial score (nSPS) is 13.8. The maximum atomic E-state index is 14.2. The van der Waals surface area contributed by atoms with Crippen molar-refractivity contribution in [2.75, 3.05) is 41.7 Å². The van der Waals surface area contributed by atoms with E-state index >= 15 is 0 Å². The lowest BCUT2D eigenvalue weighted by atomic mass is 9.77. The first-order valence-corrected chi connectivity index (χ1v) is 20.7. The molecular weight excluding hydrogens is 751 g/mol. The summed E-state index contributed by atoms with van der Waals surface area (Å²) in [7, 11) is -6.92. The Morgan fingerprint density at radius 1 is 0.727 bits per heavy atom. The van der Waals surface area contributed by atoms with Crippen molar-refractivity contribution >= 4 is 43.3 Å². The lowest BCUT2D eigenvalue weighted by Gasteiger charge is -2.36. The molecule has 5 aromatic rings. The molecule has 284 valence electrons. The molecule has 0 bridgehead atoms. The highest BCUT2D eigenvalue weighted by molar-refractivity contribution is 7.92. The summed E-state index contributed by atoms with van der Waals surface area (Å²) in [6, 6.07) is 26.7. The van der Waals surface area contributed by atoms with Crippen molar-refractivity contribution in [2.45, 2.75) is 12.0 Å². The van der Waals surface area contributed by atoms with E-state index in [0.717, 1.165) is 18.1 Å². The number of sulfonamides is 2. The van der Waals surface area contributed by atoms with Crippen molar-refractivity contribution in [3.05, 3.63) is 137 Å². The Morgan fingerprint density at radius 2 is 1.27 bits per heavy atom. The molecule has 0 saturated heterocycles. The lowest BCUT2D eigenvalue weighted by molar-refractivity contribution is 0.0224. The van der Waals surface area contributed by atoms with Gasteiger partial charge in [-0.3, -0.25) is 14.2 Å². The highest BCUT2D eigenvalue weighted by Gasteiger charge is 2.53. The third kappa shape index (κ3) is 7.86. The Morgan fingerprint density at radius 3 is 1.84 bits per heavy atom. The Bertz CT molecular complexity index is 2490. The summed E-state index contributed by atoms with van der Waals surface area (Å²) < 4.78 is 69.4. The number of rotatable bonds is 12. The average Bonchev–Trinajstić information content (AvgIpc) is 3.40. The molecule has 14 nitrogen and oxygen atoms in total. The van der Waals surface area contributed by atoms with Crippen LogP contribution in [0.1, 0.15) is 43.0 Å². The van der Waals surface area contributed by atoms with Crippen LogP contribution < -0.4 is 18.9 Å². The number of phenols is 2. The maximum absolute atomic E-state index is 14.2. The van der Waals surface area contributed by atoms with E-state index in [9.17, 15) is 36.6 Å². The molecule has 4 N–H and O–H groups in total. The van der Waals surface area contributed by atoms with Crippen LogP contribution in [-0.4, -0.2) is 76.0 Å². The average molecular weight is 786 g/mol. The summed E-state index contributed by atoms with van der Waals surface area (Å²) in [4.78, 5) is 29.5. The minimum Gasteiger partial charge on any atom is -0.508 e.